The molecule has 0 unspecified atom stereocenters. The van der Waals surface area contributed by atoms with Crippen molar-refractivity contribution in [3.8, 4) is 0 Å². The van der Waals surface area contributed by atoms with E-state index in [1.807, 2.05) is 33.9 Å². The molecule has 0 amide bonds. The predicted molar refractivity (Wildman–Crippen MR) is 73.2 cm³/mol. The first-order valence-electron chi connectivity index (χ1n) is 6.59. The van der Waals surface area contributed by atoms with E-state index in [2.05, 4.69) is 5.10 Å². The van der Waals surface area contributed by atoms with Crippen molar-refractivity contribution in [2.45, 2.75) is 58.8 Å². The Morgan fingerprint density at radius 3 is 2.42 bits per heavy atom. The highest BCUT2D eigenvalue weighted by molar-refractivity contribution is 6.61. The Kier molecular flexibility index (Phi) is 3.58. The number of ketones is 1. The van der Waals surface area contributed by atoms with Crippen LogP contribution in [-0.2, 0) is 20.6 Å². The fourth-order valence-electron chi connectivity index (χ4n) is 1.87. The maximum atomic E-state index is 11.0. The van der Waals surface area contributed by atoms with Crippen molar-refractivity contribution in [3.05, 3.63) is 12.4 Å². The SMILES string of the molecule is CC(=O)CCn1cc(B2OC(C)(C)C(C)(C)O2)cn1. The van der Waals surface area contributed by atoms with Crippen molar-refractivity contribution in [2.24, 2.45) is 0 Å². The molecule has 0 saturated carbocycles. The van der Waals surface area contributed by atoms with Crippen LogP contribution in [0.5, 0.6) is 0 Å². The molecule has 104 valence electrons. The summed E-state index contributed by atoms with van der Waals surface area (Å²) in [6.07, 6.45) is 4.11. The molecule has 0 aliphatic carbocycles. The third-order valence-electron chi connectivity index (χ3n) is 3.87. The number of aryl methyl sites for hydroxylation is 1. The first-order chi connectivity index (χ1) is 8.71. The largest absolute Gasteiger partial charge is 0.498 e. The van der Waals surface area contributed by atoms with Crippen LogP contribution in [-0.4, -0.2) is 33.9 Å². The minimum absolute atomic E-state index is 0.160. The van der Waals surface area contributed by atoms with E-state index < -0.39 is 7.12 Å². The molecule has 1 saturated heterocycles. The van der Waals surface area contributed by atoms with Crippen molar-refractivity contribution in [1.82, 2.24) is 9.78 Å². The third-order valence-corrected chi connectivity index (χ3v) is 3.87. The van der Waals surface area contributed by atoms with Crippen molar-refractivity contribution in [2.75, 3.05) is 0 Å². The van der Waals surface area contributed by atoms with E-state index in [-0.39, 0.29) is 17.0 Å². The van der Waals surface area contributed by atoms with Gasteiger partial charge in [0, 0.05) is 30.8 Å². The molecule has 0 atom stereocenters. The summed E-state index contributed by atoms with van der Waals surface area (Å²) in [6, 6.07) is 0. The fraction of sp³-hybridized carbons (Fsp3) is 0.692. The number of hydrogen-bond donors (Lipinski definition) is 0. The molecule has 2 rings (SSSR count). The average molecular weight is 264 g/mol. The molecule has 0 bridgehead atoms. The minimum atomic E-state index is -0.393. The van der Waals surface area contributed by atoms with Crippen LogP contribution >= 0.6 is 0 Å². The van der Waals surface area contributed by atoms with Crippen molar-refractivity contribution < 1.29 is 14.1 Å². The van der Waals surface area contributed by atoms with Gasteiger partial charge in [-0.3, -0.25) is 9.48 Å². The van der Waals surface area contributed by atoms with Crippen LogP contribution in [0.25, 0.3) is 0 Å². The van der Waals surface area contributed by atoms with E-state index in [1.165, 1.54) is 0 Å². The number of Topliss-reactive ketones (excluding diaryl/α,β-unsaturated/α-hetero) is 1. The summed E-state index contributed by atoms with van der Waals surface area (Å²) in [5.41, 5.74) is 0.195. The van der Waals surface area contributed by atoms with Crippen LogP contribution in [0.3, 0.4) is 0 Å². The quantitative estimate of drug-likeness (QED) is 0.766. The Morgan fingerprint density at radius 1 is 1.32 bits per heavy atom. The summed E-state index contributed by atoms with van der Waals surface area (Å²) in [5.74, 6) is 0.160. The van der Waals surface area contributed by atoms with Gasteiger partial charge in [-0.25, -0.2) is 0 Å². The first kappa shape index (κ1) is 14.3. The molecule has 6 heteroatoms. The lowest BCUT2D eigenvalue weighted by molar-refractivity contribution is -0.117. The zero-order valence-corrected chi connectivity index (χ0v) is 12.3. The van der Waals surface area contributed by atoms with Crippen LogP contribution in [0.1, 0.15) is 41.0 Å². The van der Waals surface area contributed by atoms with E-state index in [0.29, 0.717) is 13.0 Å². The van der Waals surface area contributed by atoms with Crippen LogP contribution in [0.2, 0.25) is 0 Å². The Balaban J connectivity index is 2.06. The van der Waals surface area contributed by atoms with E-state index in [4.69, 9.17) is 9.31 Å². The molecule has 0 radical (unpaired) electrons. The first-order valence-corrected chi connectivity index (χ1v) is 6.59. The highest BCUT2D eigenvalue weighted by Crippen LogP contribution is 2.36. The van der Waals surface area contributed by atoms with Gasteiger partial charge in [-0.2, -0.15) is 5.10 Å². The lowest BCUT2D eigenvalue weighted by Crippen LogP contribution is -2.41. The van der Waals surface area contributed by atoms with Gasteiger partial charge >= 0.3 is 7.12 Å². The number of carbonyl (C=O) groups excluding carboxylic acids is 1. The van der Waals surface area contributed by atoms with Gasteiger partial charge in [0.2, 0.25) is 0 Å². The van der Waals surface area contributed by atoms with Gasteiger partial charge in [-0.15, -0.1) is 0 Å². The summed E-state index contributed by atoms with van der Waals surface area (Å²) in [7, 11) is -0.393. The predicted octanol–water partition coefficient (Wildman–Crippen LogP) is 1.16. The number of hydrogen-bond acceptors (Lipinski definition) is 4. The van der Waals surface area contributed by atoms with E-state index in [0.717, 1.165) is 5.46 Å². The number of aromatic nitrogens is 2. The summed E-state index contributed by atoms with van der Waals surface area (Å²) in [6.45, 7) is 10.3. The van der Waals surface area contributed by atoms with Gasteiger partial charge in [0.1, 0.15) is 5.78 Å². The van der Waals surface area contributed by atoms with Crippen molar-refractivity contribution in [3.63, 3.8) is 0 Å². The van der Waals surface area contributed by atoms with Gasteiger partial charge < -0.3 is 9.31 Å². The molecule has 19 heavy (non-hydrogen) atoms. The van der Waals surface area contributed by atoms with E-state index in [1.54, 1.807) is 17.8 Å². The molecular formula is C13H21BN2O3. The van der Waals surface area contributed by atoms with Gasteiger partial charge in [-0.1, -0.05) is 0 Å². The second-order valence-electron chi connectivity index (χ2n) is 6.08. The summed E-state index contributed by atoms with van der Waals surface area (Å²) >= 11 is 0. The molecule has 1 fully saturated rings. The molecular weight excluding hydrogens is 243 g/mol. The molecule has 5 nitrogen and oxygen atoms in total. The summed E-state index contributed by atoms with van der Waals surface area (Å²) < 4.78 is 13.6. The molecule has 1 aliphatic rings. The summed E-state index contributed by atoms with van der Waals surface area (Å²) in [4.78, 5) is 11.0. The average Bonchev–Trinajstić information content (AvgIpc) is 2.79. The van der Waals surface area contributed by atoms with Crippen molar-refractivity contribution >= 4 is 18.4 Å². The van der Waals surface area contributed by atoms with Crippen LogP contribution in [0.15, 0.2) is 12.4 Å². The number of carbonyl (C=O) groups is 1. The highest BCUT2D eigenvalue weighted by Gasteiger charge is 2.52. The molecule has 1 aromatic heterocycles. The highest BCUT2D eigenvalue weighted by atomic mass is 16.7. The lowest BCUT2D eigenvalue weighted by atomic mass is 9.82. The Labute approximate surface area is 114 Å². The smallest absolute Gasteiger partial charge is 0.399 e. The standard InChI is InChI=1S/C13H21BN2O3/c1-10(17)6-7-16-9-11(8-15-16)14-18-12(2,3)13(4,5)19-14/h8-9H,6-7H2,1-5H3. The second-order valence-corrected chi connectivity index (χ2v) is 6.08. The van der Waals surface area contributed by atoms with E-state index in [9.17, 15) is 4.79 Å². The molecule has 0 N–H and O–H groups in total. The normalized spacial score (nSPS) is 20.8. The number of nitrogens with zero attached hydrogens (tertiary/aromatic N) is 2. The van der Waals surface area contributed by atoms with Crippen LogP contribution in [0.4, 0.5) is 0 Å². The second kappa shape index (κ2) is 4.76. The monoisotopic (exact) mass is 264 g/mol. The molecule has 0 aromatic carbocycles. The van der Waals surface area contributed by atoms with Crippen molar-refractivity contribution in [1.29, 1.82) is 0 Å². The molecule has 0 spiro atoms. The fourth-order valence-corrected chi connectivity index (χ4v) is 1.87. The van der Waals surface area contributed by atoms with Gasteiger partial charge in [-0.05, 0) is 34.6 Å². The minimum Gasteiger partial charge on any atom is -0.399 e. The van der Waals surface area contributed by atoms with Crippen LogP contribution < -0.4 is 5.46 Å². The van der Waals surface area contributed by atoms with Gasteiger partial charge in [0.25, 0.3) is 0 Å². The zero-order valence-electron chi connectivity index (χ0n) is 12.3. The Bertz CT molecular complexity index is 466. The lowest BCUT2D eigenvalue weighted by Gasteiger charge is -2.32. The van der Waals surface area contributed by atoms with Gasteiger partial charge in [0.05, 0.1) is 11.2 Å². The summed E-state index contributed by atoms with van der Waals surface area (Å²) in [5, 5.41) is 4.23. The Morgan fingerprint density at radius 2 is 1.89 bits per heavy atom. The van der Waals surface area contributed by atoms with Crippen LogP contribution in [0, 0.1) is 0 Å². The maximum absolute atomic E-state index is 11.0. The Hall–Kier alpha value is -1.14. The van der Waals surface area contributed by atoms with Gasteiger partial charge in [0.15, 0.2) is 0 Å². The number of rotatable bonds is 4. The zero-order chi connectivity index (χ0) is 14.3. The van der Waals surface area contributed by atoms with E-state index >= 15 is 0 Å². The topological polar surface area (TPSA) is 53.4 Å². The molecule has 1 aromatic rings. The third kappa shape index (κ3) is 2.90. The maximum Gasteiger partial charge on any atom is 0.498 e. The molecule has 2 heterocycles. The molecule has 1 aliphatic heterocycles.